The van der Waals surface area contributed by atoms with Crippen LogP contribution in [-0.4, -0.2) is 41.9 Å². The van der Waals surface area contributed by atoms with Crippen LogP contribution in [0.4, 0.5) is 0 Å². The molecule has 0 aromatic rings. The molecule has 1 saturated heterocycles. The first-order valence-corrected chi connectivity index (χ1v) is 8.32. The number of hydrogen-bond acceptors (Lipinski definition) is 3. The second kappa shape index (κ2) is 6.99. The average Bonchev–Trinajstić information content (AvgIpc) is 2.45. The zero-order valence-corrected chi connectivity index (χ0v) is 15.0. The maximum absolute atomic E-state index is 12.6. The van der Waals surface area contributed by atoms with Gasteiger partial charge in [0, 0.05) is 25.0 Å². The van der Waals surface area contributed by atoms with Crippen LogP contribution < -0.4 is 11.1 Å². The summed E-state index contributed by atoms with van der Waals surface area (Å²) in [6, 6.07) is 0. The first kappa shape index (κ1) is 18.9. The highest BCUT2D eigenvalue weighted by molar-refractivity contribution is 5.84. The molecule has 0 aromatic heterocycles. The maximum atomic E-state index is 12.6. The van der Waals surface area contributed by atoms with Crippen molar-refractivity contribution in [2.24, 2.45) is 23.0 Å². The van der Waals surface area contributed by atoms with Crippen LogP contribution in [0.15, 0.2) is 0 Å². The van der Waals surface area contributed by atoms with E-state index in [2.05, 4.69) is 19.2 Å². The number of hydrogen-bond donors (Lipinski definition) is 2. The summed E-state index contributed by atoms with van der Waals surface area (Å²) in [4.78, 5) is 26.8. The zero-order valence-electron chi connectivity index (χ0n) is 15.0. The van der Waals surface area contributed by atoms with Crippen molar-refractivity contribution >= 4 is 11.8 Å². The maximum Gasteiger partial charge on any atom is 0.227 e. The van der Waals surface area contributed by atoms with E-state index in [1.54, 1.807) is 0 Å². The Hall–Kier alpha value is -1.10. The molecular formula is C17H33N3O2. The average molecular weight is 311 g/mol. The summed E-state index contributed by atoms with van der Waals surface area (Å²) in [6.07, 6.45) is 1.71. The number of likely N-dealkylation sites (tertiary alicyclic amines) is 1. The van der Waals surface area contributed by atoms with Gasteiger partial charge in [0.1, 0.15) is 0 Å². The summed E-state index contributed by atoms with van der Waals surface area (Å²) >= 11 is 0. The summed E-state index contributed by atoms with van der Waals surface area (Å²) in [5, 5.41) is 3.11. The van der Waals surface area contributed by atoms with Gasteiger partial charge in [0.15, 0.2) is 0 Å². The highest BCUT2D eigenvalue weighted by Crippen LogP contribution is 2.24. The highest BCUT2D eigenvalue weighted by atomic mass is 16.2. The molecule has 1 rings (SSSR count). The lowest BCUT2D eigenvalue weighted by Gasteiger charge is -2.39. The third-order valence-corrected chi connectivity index (χ3v) is 4.83. The van der Waals surface area contributed by atoms with Gasteiger partial charge in [-0.05, 0) is 25.7 Å². The van der Waals surface area contributed by atoms with Crippen molar-refractivity contribution in [1.82, 2.24) is 10.2 Å². The van der Waals surface area contributed by atoms with Crippen LogP contribution in [0.3, 0.4) is 0 Å². The Labute approximate surface area is 135 Å². The topological polar surface area (TPSA) is 75.4 Å². The van der Waals surface area contributed by atoms with Gasteiger partial charge in [-0.3, -0.25) is 9.59 Å². The van der Waals surface area contributed by atoms with E-state index < -0.39 is 11.0 Å². The van der Waals surface area contributed by atoms with Crippen LogP contribution >= 0.6 is 0 Å². The van der Waals surface area contributed by atoms with E-state index in [1.807, 2.05) is 32.6 Å². The normalized spacial score (nSPS) is 22.4. The Morgan fingerprint density at radius 1 is 1.27 bits per heavy atom. The van der Waals surface area contributed by atoms with Gasteiger partial charge in [-0.15, -0.1) is 0 Å². The van der Waals surface area contributed by atoms with Gasteiger partial charge in [0.2, 0.25) is 11.8 Å². The van der Waals surface area contributed by atoms with Crippen LogP contribution in [0.25, 0.3) is 0 Å². The van der Waals surface area contributed by atoms with E-state index in [0.29, 0.717) is 13.1 Å². The lowest BCUT2D eigenvalue weighted by atomic mass is 9.86. The molecule has 2 amide bonds. The van der Waals surface area contributed by atoms with Crippen molar-refractivity contribution in [3.63, 3.8) is 0 Å². The Kier molecular flexibility index (Phi) is 6.02. The molecule has 0 aliphatic carbocycles. The fourth-order valence-corrected chi connectivity index (χ4v) is 2.66. The summed E-state index contributed by atoms with van der Waals surface area (Å²) in [5.74, 6) is 0.269. The summed E-state index contributed by atoms with van der Waals surface area (Å²) in [6.45, 7) is 13.5. The molecule has 1 aliphatic rings. The van der Waals surface area contributed by atoms with Crippen LogP contribution in [0.1, 0.15) is 54.4 Å². The van der Waals surface area contributed by atoms with E-state index in [1.165, 1.54) is 0 Å². The molecule has 1 fully saturated rings. The molecule has 2 unspecified atom stereocenters. The second-order valence-electron chi connectivity index (χ2n) is 8.11. The molecule has 2 atom stereocenters. The van der Waals surface area contributed by atoms with Crippen LogP contribution in [0, 0.1) is 17.3 Å². The van der Waals surface area contributed by atoms with E-state index in [0.717, 1.165) is 19.4 Å². The molecule has 0 spiro atoms. The first-order valence-electron chi connectivity index (χ1n) is 8.32. The fourth-order valence-electron chi connectivity index (χ4n) is 2.66. The van der Waals surface area contributed by atoms with Crippen molar-refractivity contribution in [2.45, 2.75) is 59.9 Å². The minimum atomic E-state index is -0.401. The lowest BCUT2D eigenvalue weighted by molar-refractivity contribution is -0.143. The minimum absolute atomic E-state index is 0.0214. The van der Waals surface area contributed by atoms with Gasteiger partial charge in [0.05, 0.1) is 11.5 Å². The lowest BCUT2D eigenvalue weighted by Crippen LogP contribution is -2.58. The van der Waals surface area contributed by atoms with Crippen molar-refractivity contribution in [2.75, 3.05) is 19.6 Å². The molecule has 5 heteroatoms. The number of nitrogens with two attached hydrogens (primary N) is 1. The molecule has 5 nitrogen and oxygen atoms in total. The predicted octanol–water partition coefficient (Wildman–Crippen LogP) is 1.76. The number of nitrogens with one attached hydrogen (secondary N) is 1. The SMILES string of the molecule is CC(C)C(C)(CN)NC(=O)C1CCCN(C(=O)C(C)(C)C)C1. The summed E-state index contributed by atoms with van der Waals surface area (Å²) in [7, 11) is 0. The molecule has 0 bridgehead atoms. The number of piperidine rings is 1. The van der Waals surface area contributed by atoms with Gasteiger partial charge in [-0.2, -0.15) is 0 Å². The van der Waals surface area contributed by atoms with E-state index in [-0.39, 0.29) is 23.7 Å². The van der Waals surface area contributed by atoms with Gasteiger partial charge in [-0.25, -0.2) is 0 Å². The predicted molar refractivity (Wildman–Crippen MR) is 89.2 cm³/mol. The zero-order chi connectivity index (χ0) is 17.1. The Bertz CT molecular complexity index is 415. The molecule has 0 aromatic carbocycles. The Morgan fingerprint density at radius 3 is 2.32 bits per heavy atom. The second-order valence-corrected chi connectivity index (χ2v) is 8.11. The highest BCUT2D eigenvalue weighted by Gasteiger charge is 2.36. The standard InChI is InChI=1S/C17H33N3O2/c1-12(2)17(6,11-18)19-14(21)13-8-7-9-20(10-13)15(22)16(3,4)5/h12-13H,7-11,18H2,1-6H3,(H,19,21). The van der Waals surface area contributed by atoms with Gasteiger partial charge >= 0.3 is 0 Å². The Balaban J connectivity index is 2.73. The molecule has 128 valence electrons. The molecule has 1 heterocycles. The summed E-state index contributed by atoms with van der Waals surface area (Å²) < 4.78 is 0. The van der Waals surface area contributed by atoms with Crippen molar-refractivity contribution in [1.29, 1.82) is 0 Å². The van der Waals surface area contributed by atoms with Gasteiger partial charge in [0.25, 0.3) is 0 Å². The largest absolute Gasteiger partial charge is 0.349 e. The first-order chi connectivity index (χ1) is 10.0. The summed E-state index contributed by atoms with van der Waals surface area (Å²) in [5.41, 5.74) is 5.04. The van der Waals surface area contributed by atoms with E-state index in [4.69, 9.17) is 5.73 Å². The minimum Gasteiger partial charge on any atom is -0.349 e. The molecule has 22 heavy (non-hydrogen) atoms. The quantitative estimate of drug-likeness (QED) is 0.830. The third kappa shape index (κ3) is 4.45. The molecule has 0 radical (unpaired) electrons. The third-order valence-electron chi connectivity index (χ3n) is 4.83. The Morgan fingerprint density at radius 2 is 1.86 bits per heavy atom. The van der Waals surface area contributed by atoms with Crippen molar-refractivity contribution in [3.05, 3.63) is 0 Å². The number of carbonyl (C=O) groups excluding carboxylic acids is 2. The van der Waals surface area contributed by atoms with Crippen LogP contribution in [0.2, 0.25) is 0 Å². The number of rotatable bonds is 4. The fraction of sp³-hybridized carbons (Fsp3) is 0.882. The molecular weight excluding hydrogens is 278 g/mol. The number of carbonyl (C=O) groups is 2. The number of amides is 2. The smallest absolute Gasteiger partial charge is 0.227 e. The van der Waals surface area contributed by atoms with Crippen molar-refractivity contribution < 1.29 is 9.59 Å². The van der Waals surface area contributed by atoms with Gasteiger partial charge < -0.3 is 16.0 Å². The molecule has 1 aliphatic heterocycles. The monoisotopic (exact) mass is 311 g/mol. The van der Waals surface area contributed by atoms with Crippen LogP contribution in [0.5, 0.6) is 0 Å². The van der Waals surface area contributed by atoms with E-state index in [9.17, 15) is 9.59 Å². The van der Waals surface area contributed by atoms with Crippen molar-refractivity contribution in [3.8, 4) is 0 Å². The van der Waals surface area contributed by atoms with E-state index >= 15 is 0 Å². The molecule has 0 saturated carbocycles. The van der Waals surface area contributed by atoms with Gasteiger partial charge in [-0.1, -0.05) is 34.6 Å². The number of nitrogens with zero attached hydrogens (tertiary/aromatic N) is 1. The van der Waals surface area contributed by atoms with Crippen LogP contribution in [-0.2, 0) is 9.59 Å². The molecule has 3 N–H and O–H groups in total.